The molecule has 6 rings (SSSR count). The van der Waals surface area contributed by atoms with Gasteiger partial charge in [-0.2, -0.15) is 4.98 Å². The summed E-state index contributed by atoms with van der Waals surface area (Å²) in [5.74, 6) is 0. The van der Waals surface area contributed by atoms with Crippen LogP contribution in [0.15, 0.2) is 53.6 Å². The molecular formula is C24H22ClN5O5S. The average molecular weight is 528 g/mol. The van der Waals surface area contributed by atoms with Crippen molar-refractivity contribution in [2.24, 2.45) is 0 Å². The van der Waals surface area contributed by atoms with Crippen molar-refractivity contribution in [2.45, 2.75) is 29.3 Å². The largest absolute Gasteiger partial charge is 0.456 e. The number of aromatic nitrogens is 4. The van der Waals surface area contributed by atoms with E-state index in [1.807, 2.05) is 24.3 Å². The van der Waals surface area contributed by atoms with E-state index in [-0.39, 0.29) is 30.9 Å². The predicted molar refractivity (Wildman–Crippen MR) is 133 cm³/mol. The van der Waals surface area contributed by atoms with Crippen LogP contribution < -0.4 is 4.74 Å². The molecule has 12 heteroatoms. The second kappa shape index (κ2) is 8.79. The molecule has 0 amide bonds. The van der Waals surface area contributed by atoms with Crippen LogP contribution in [0.25, 0.3) is 33.7 Å². The van der Waals surface area contributed by atoms with Crippen LogP contribution in [-0.4, -0.2) is 73.1 Å². The number of rotatable bonds is 5. The highest BCUT2D eigenvalue weighted by Gasteiger charge is 2.48. The summed E-state index contributed by atoms with van der Waals surface area (Å²) in [6, 6.07) is 13.0. The number of imidazole rings is 1. The average Bonchev–Trinajstić information content (AvgIpc) is 3.55. The molecule has 1 unspecified atom stereocenters. The molecule has 2 aliphatic rings. The topological polar surface area (TPSA) is 143 Å². The van der Waals surface area contributed by atoms with Gasteiger partial charge in [0, 0.05) is 23.6 Å². The number of ether oxygens (including phenoxy) is 3. The predicted octanol–water partition coefficient (Wildman–Crippen LogP) is 3.28. The van der Waals surface area contributed by atoms with Crippen molar-refractivity contribution in [1.82, 2.24) is 19.9 Å². The molecule has 4 aromatic rings. The van der Waals surface area contributed by atoms with Gasteiger partial charge in [0.25, 0.3) is 6.01 Å². The minimum atomic E-state index is -2.80. The van der Waals surface area contributed by atoms with Crippen molar-refractivity contribution >= 4 is 32.5 Å². The molecular weight excluding hydrogens is 506 g/mol. The van der Waals surface area contributed by atoms with Gasteiger partial charge in [0.2, 0.25) is 0 Å². The van der Waals surface area contributed by atoms with E-state index in [0.717, 1.165) is 11.1 Å². The van der Waals surface area contributed by atoms with Crippen LogP contribution in [0.2, 0.25) is 5.02 Å². The number of benzene rings is 1. The number of halogens is 1. The maximum absolute atomic E-state index is 11.9. The summed E-state index contributed by atoms with van der Waals surface area (Å²) in [6.45, 7) is 0.523. The monoisotopic (exact) mass is 527 g/mol. The van der Waals surface area contributed by atoms with E-state index in [9.17, 15) is 9.32 Å². The molecule has 0 radical (unpaired) electrons. The van der Waals surface area contributed by atoms with E-state index in [2.05, 4.69) is 19.9 Å². The van der Waals surface area contributed by atoms with E-state index in [0.29, 0.717) is 39.1 Å². The summed E-state index contributed by atoms with van der Waals surface area (Å²) in [5.41, 5.74) is 4.04. The first-order chi connectivity index (χ1) is 17.3. The smallest absolute Gasteiger partial charge is 0.296 e. The third-order valence-corrected chi connectivity index (χ3v) is 7.72. The Hall–Kier alpha value is -3.09. The molecule has 2 aliphatic heterocycles. The Kier molecular flexibility index (Phi) is 5.69. The van der Waals surface area contributed by atoms with Gasteiger partial charge in [0.05, 0.1) is 44.2 Å². The normalized spacial score (nSPS) is 25.1. The highest BCUT2D eigenvalue weighted by molar-refractivity contribution is 7.91. The summed E-state index contributed by atoms with van der Waals surface area (Å²) in [7, 11) is -2.80. The number of aliphatic hydroxyl groups excluding tert-OH is 1. The number of nitrogens with one attached hydrogen (secondary N) is 2. The van der Waals surface area contributed by atoms with Crippen LogP contribution in [0.5, 0.6) is 6.01 Å². The van der Waals surface area contributed by atoms with Crippen LogP contribution in [-0.2, 0) is 19.2 Å². The summed E-state index contributed by atoms with van der Waals surface area (Å²) in [6.07, 6.45) is 1.07. The van der Waals surface area contributed by atoms with Crippen molar-refractivity contribution in [3.8, 4) is 28.5 Å². The number of hydrogen-bond donors (Lipinski definition) is 3. The van der Waals surface area contributed by atoms with Crippen LogP contribution >= 0.6 is 11.6 Å². The number of pyridine rings is 2. The van der Waals surface area contributed by atoms with Gasteiger partial charge >= 0.3 is 0 Å². The first-order valence-corrected chi connectivity index (χ1v) is 13.6. The zero-order valence-corrected chi connectivity index (χ0v) is 20.6. The summed E-state index contributed by atoms with van der Waals surface area (Å²) in [4.78, 5) is 16.9. The lowest BCUT2D eigenvalue weighted by Gasteiger charge is -2.15. The van der Waals surface area contributed by atoms with Gasteiger partial charge in [-0.1, -0.05) is 35.9 Å². The fourth-order valence-electron chi connectivity index (χ4n) is 4.42. The van der Waals surface area contributed by atoms with Gasteiger partial charge in [0.1, 0.15) is 23.8 Å². The molecule has 0 bridgehead atoms. The summed E-state index contributed by atoms with van der Waals surface area (Å²) < 4.78 is 36.7. The van der Waals surface area contributed by atoms with Crippen LogP contribution in [0.4, 0.5) is 0 Å². The van der Waals surface area contributed by atoms with Crippen molar-refractivity contribution in [2.75, 3.05) is 19.5 Å². The number of aliphatic hydroxyl groups is 1. The van der Waals surface area contributed by atoms with Gasteiger partial charge in [-0.25, -0.2) is 14.0 Å². The molecule has 186 valence electrons. The lowest BCUT2D eigenvalue weighted by Crippen LogP contribution is -2.34. The first kappa shape index (κ1) is 23.3. The molecule has 10 nitrogen and oxygen atoms in total. The summed E-state index contributed by atoms with van der Waals surface area (Å²) in [5, 5.41) is 10.4. The Morgan fingerprint density at radius 1 is 1.11 bits per heavy atom. The third-order valence-electron chi connectivity index (χ3n) is 6.29. The second-order valence-electron chi connectivity index (χ2n) is 8.85. The number of hydrogen-bond acceptors (Lipinski definition) is 9. The molecule has 5 heterocycles. The lowest BCUT2D eigenvalue weighted by molar-refractivity contribution is 0.00706. The van der Waals surface area contributed by atoms with Crippen molar-refractivity contribution in [3.63, 3.8) is 0 Å². The minimum Gasteiger partial charge on any atom is -0.456 e. The fraction of sp³-hybridized carbons (Fsp3) is 0.292. The van der Waals surface area contributed by atoms with Crippen LogP contribution in [0, 0.1) is 4.78 Å². The molecule has 0 aliphatic carbocycles. The van der Waals surface area contributed by atoms with E-state index in [4.69, 9.17) is 30.6 Å². The Balaban J connectivity index is 1.23. The maximum atomic E-state index is 11.9. The van der Waals surface area contributed by atoms with Gasteiger partial charge in [-0.15, -0.1) is 0 Å². The molecule has 0 spiro atoms. The quantitative estimate of drug-likeness (QED) is 0.359. The van der Waals surface area contributed by atoms with E-state index in [1.54, 1.807) is 18.2 Å². The number of aromatic amines is 1. The van der Waals surface area contributed by atoms with Crippen LogP contribution in [0.3, 0.4) is 0 Å². The third kappa shape index (κ3) is 4.22. The SMILES string of the molecule is CS(=N)(=O)c1ccc(-c2ccc(-c3nc4[nH]c(O[C@@H]5CO[C@H]6[C@@H]5OC[C@H]6O)nc4cc3Cl)cc2)nc1. The molecule has 2 saturated heterocycles. The highest BCUT2D eigenvalue weighted by Crippen LogP contribution is 2.33. The Morgan fingerprint density at radius 3 is 2.58 bits per heavy atom. The molecule has 1 aromatic carbocycles. The number of H-pyrrole nitrogens is 1. The van der Waals surface area contributed by atoms with E-state index in [1.165, 1.54) is 12.5 Å². The van der Waals surface area contributed by atoms with Crippen molar-refractivity contribution in [1.29, 1.82) is 4.78 Å². The standard InChI is InChI=1S/C24H22ClN5O5S/c1-36(26,32)14-6-7-16(27-9-14)12-2-4-13(5-3-12)20-15(25)8-17-23(29-20)30-24(28-17)35-19-11-34-21-18(31)10-33-22(19)21/h2-9,18-19,21-22,26,31H,10-11H2,1H3,(H,28,29,30)/t18-,19-,21-,22-,36?/m1/s1. The molecule has 36 heavy (non-hydrogen) atoms. The minimum absolute atomic E-state index is 0.224. The number of nitrogens with zero attached hydrogens (tertiary/aromatic N) is 3. The second-order valence-corrected chi connectivity index (χ2v) is 11.4. The summed E-state index contributed by atoms with van der Waals surface area (Å²) >= 11 is 6.54. The Bertz CT molecular complexity index is 1540. The molecule has 0 saturated carbocycles. The van der Waals surface area contributed by atoms with Gasteiger partial charge in [-0.3, -0.25) is 9.97 Å². The molecule has 3 N–H and O–H groups in total. The van der Waals surface area contributed by atoms with Crippen molar-refractivity contribution < 1.29 is 23.5 Å². The maximum Gasteiger partial charge on any atom is 0.296 e. The van der Waals surface area contributed by atoms with Crippen LogP contribution in [0.1, 0.15) is 0 Å². The van der Waals surface area contributed by atoms with Crippen molar-refractivity contribution in [3.05, 3.63) is 53.7 Å². The lowest BCUT2D eigenvalue weighted by atomic mass is 10.1. The highest BCUT2D eigenvalue weighted by atomic mass is 35.5. The Morgan fingerprint density at radius 2 is 1.86 bits per heavy atom. The van der Waals surface area contributed by atoms with Gasteiger partial charge < -0.3 is 19.3 Å². The first-order valence-electron chi connectivity index (χ1n) is 11.2. The van der Waals surface area contributed by atoms with Gasteiger partial charge in [0.15, 0.2) is 11.8 Å². The zero-order chi connectivity index (χ0) is 25.0. The molecule has 5 atom stereocenters. The van der Waals surface area contributed by atoms with E-state index >= 15 is 0 Å². The fourth-order valence-corrected chi connectivity index (χ4v) is 5.26. The molecule has 2 fully saturated rings. The Labute approximate surface area is 211 Å². The van der Waals surface area contributed by atoms with E-state index < -0.39 is 15.8 Å². The van der Waals surface area contributed by atoms with Gasteiger partial charge in [-0.05, 0) is 18.2 Å². The molecule has 3 aromatic heterocycles. The number of fused-ring (bicyclic) bond motifs is 2. The zero-order valence-electron chi connectivity index (χ0n) is 19.1.